The van der Waals surface area contributed by atoms with Gasteiger partial charge >= 0.3 is 0 Å². The molecule has 0 unspecified atom stereocenters. The van der Waals surface area contributed by atoms with E-state index in [0.29, 0.717) is 6.61 Å². The first-order valence-electron chi connectivity index (χ1n) is 6.12. The molecule has 0 N–H and O–H groups in total. The highest BCUT2D eigenvalue weighted by molar-refractivity contribution is 9.10. The van der Waals surface area contributed by atoms with Crippen molar-refractivity contribution in [3.05, 3.63) is 57.6 Å². The Morgan fingerprint density at radius 2 is 1.68 bits per heavy atom. The smallest absolute Gasteiger partial charge is 0.134 e. The van der Waals surface area contributed by atoms with E-state index in [0.717, 1.165) is 16.0 Å². The van der Waals surface area contributed by atoms with Crippen molar-refractivity contribution in [3.63, 3.8) is 0 Å². The lowest BCUT2D eigenvalue weighted by atomic mass is 10.1. The van der Waals surface area contributed by atoms with Gasteiger partial charge in [-0.05, 0) is 53.5 Å². The quantitative estimate of drug-likeness (QED) is 0.816. The van der Waals surface area contributed by atoms with Gasteiger partial charge in [0.15, 0.2) is 0 Å². The Morgan fingerprint density at radius 3 is 2.26 bits per heavy atom. The van der Waals surface area contributed by atoms with Gasteiger partial charge in [-0.3, -0.25) is 0 Å². The normalized spacial score (nSPS) is 10.3. The van der Waals surface area contributed by atoms with Gasteiger partial charge in [-0.25, -0.2) is 0 Å². The Labute approximate surface area is 122 Å². The number of aryl methyl sites for hydroxylation is 2. The fraction of sp³-hybridized carbons (Fsp3) is 0.250. The number of methoxy groups -OCH3 is 1. The summed E-state index contributed by atoms with van der Waals surface area (Å²) in [5.41, 5.74) is 3.69. The van der Waals surface area contributed by atoms with E-state index in [2.05, 4.69) is 48.0 Å². The molecule has 0 saturated carbocycles. The fourth-order valence-corrected chi connectivity index (χ4v) is 2.51. The van der Waals surface area contributed by atoms with Crippen molar-refractivity contribution in [2.45, 2.75) is 20.5 Å². The summed E-state index contributed by atoms with van der Waals surface area (Å²) in [6.45, 7) is 4.76. The minimum Gasteiger partial charge on any atom is -0.497 e. The van der Waals surface area contributed by atoms with Crippen LogP contribution in [0.5, 0.6) is 11.5 Å². The van der Waals surface area contributed by atoms with Crippen LogP contribution in [0.25, 0.3) is 0 Å². The molecule has 0 fully saturated rings. The highest BCUT2D eigenvalue weighted by Crippen LogP contribution is 2.29. The lowest BCUT2D eigenvalue weighted by Crippen LogP contribution is -1.97. The first kappa shape index (κ1) is 13.9. The fourth-order valence-electron chi connectivity index (χ4n) is 2.04. The largest absolute Gasteiger partial charge is 0.497 e. The van der Waals surface area contributed by atoms with E-state index in [1.807, 2.05) is 18.2 Å². The molecule has 2 nitrogen and oxygen atoms in total. The molecule has 3 heteroatoms. The zero-order valence-electron chi connectivity index (χ0n) is 11.4. The summed E-state index contributed by atoms with van der Waals surface area (Å²) in [6.07, 6.45) is 0. The molecule has 2 aromatic carbocycles. The monoisotopic (exact) mass is 320 g/mol. The summed E-state index contributed by atoms with van der Waals surface area (Å²) in [4.78, 5) is 0. The van der Waals surface area contributed by atoms with Crippen molar-refractivity contribution >= 4 is 15.9 Å². The Hall–Kier alpha value is -1.48. The van der Waals surface area contributed by atoms with Crippen LogP contribution >= 0.6 is 15.9 Å². The van der Waals surface area contributed by atoms with E-state index >= 15 is 0 Å². The van der Waals surface area contributed by atoms with Crippen LogP contribution in [0.1, 0.15) is 16.7 Å². The molecule has 0 aromatic heterocycles. The number of hydrogen-bond donors (Lipinski definition) is 0. The van der Waals surface area contributed by atoms with Crippen LogP contribution < -0.4 is 9.47 Å². The van der Waals surface area contributed by atoms with Gasteiger partial charge in [0.05, 0.1) is 11.6 Å². The highest BCUT2D eigenvalue weighted by atomic mass is 79.9. The number of benzene rings is 2. The molecular weight excluding hydrogens is 304 g/mol. The lowest BCUT2D eigenvalue weighted by molar-refractivity contribution is 0.303. The molecule has 0 aliphatic carbocycles. The second-order valence-electron chi connectivity index (χ2n) is 4.58. The van der Waals surface area contributed by atoms with Gasteiger partial charge in [0.25, 0.3) is 0 Å². The van der Waals surface area contributed by atoms with Gasteiger partial charge in [0, 0.05) is 0 Å². The maximum atomic E-state index is 5.83. The van der Waals surface area contributed by atoms with Crippen molar-refractivity contribution in [1.82, 2.24) is 0 Å². The molecular formula is C16H17BrO2. The zero-order chi connectivity index (χ0) is 13.8. The molecule has 2 rings (SSSR count). The molecule has 2 aromatic rings. The Morgan fingerprint density at radius 1 is 1.00 bits per heavy atom. The second-order valence-corrected chi connectivity index (χ2v) is 5.44. The predicted molar refractivity (Wildman–Crippen MR) is 80.9 cm³/mol. The predicted octanol–water partition coefficient (Wildman–Crippen LogP) is 4.65. The van der Waals surface area contributed by atoms with Gasteiger partial charge in [-0.1, -0.05) is 29.3 Å². The van der Waals surface area contributed by atoms with Crippen LogP contribution in [0.4, 0.5) is 0 Å². The Bertz CT molecular complexity index is 559. The summed E-state index contributed by atoms with van der Waals surface area (Å²) in [5, 5.41) is 0. The van der Waals surface area contributed by atoms with Crippen LogP contribution in [-0.2, 0) is 6.61 Å². The van der Waals surface area contributed by atoms with E-state index in [9.17, 15) is 0 Å². The first-order chi connectivity index (χ1) is 9.08. The summed E-state index contributed by atoms with van der Waals surface area (Å²) < 4.78 is 11.9. The molecule has 0 spiro atoms. The van der Waals surface area contributed by atoms with Crippen LogP contribution in [0.3, 0.4) is 0 Å². The molecule has 0 aliphatic heterocycles. The van der Waals surface area contributed by atoms with Crippen LogP contribution in [0.2, 0.25) is 0 Å². The summed E-state index contributed by atoms with van der Waals surface area (Å²) in [5.74, 6) is 1.63. The van der Waals surface area contributed by atoms with E-state index in [4.69, 9.17) is 9.47 Å². The van der Waals surface area contributed by atoms with Gasteiger partial charge < -0.3 is 9.47 Å². The maximum absolute atomic E-state index is 5.83. The number of hydrogen-bond acceptors (Lipinski definition) is 2. The third kappa shape index (κ3) is 3.74. The van der Waals surface area contributed by atoms with Crippen molar-refractivity contribution in [2.75, 3.05) is 7.11 Å². The second kappa shape index (κ2) is 6.11. The van der Waals surface area contributed by atoms with Gasteiger partial charge in [-0.15, -0.1) is 0 Å². The van der Waals surface area contributed by atoms with Gasteiger partial charge in [-0.2, -0.15) is 0 Å². The van der Waals surface area contributed by atoms with E-state index in [1.165, 1.54) is 16.7 Å². The summed E-state index contributed by atoms with van der Waals surface area (Å²) >= 11 is 3.49. The standard InChI is InChI=1S/C16H17BrO2/c1-11-6-12(2)8-13(7-11)10-19-16-5-4-14(18-3)9-15(16)17/h4-9H,10H2,1-3H3. The molecule has 0 saturated heterocycles. The van der Waals surface area contributed by atoms with Crippen molar-refractivity contribution in [1.29, 1.82) is 0 Å². The van der Waals surface area contributed by atoms with Gasteiger partial charge in [0.2, 0.25) is 0 Å². The summed E-state index contributed by atoms with van der Waals surface area (Å²) in [6, 6.07) is 12.1. The molecule has 100 valence electrons. The third-order valence-electron chi connectivity index (χ3n) is 2.81. The average molecular weight is 321 g/mol. The zero-order valence-corrected chi connectivity index (χ0v) is 13.0. The van der Waals surface area contributed by atoms with Crippen LogP contribution in [0, 0.1) is 13.8 Å². The highest BCUT2D eigenvalue weighted by Gasteiger charge is 2.04. The van der Waals surface area contributed by atoms with Gasteiger partial charge in [0.1, 0.15) is 18.1 Å². The number of halogens is 1. The minimum atomic E-state index is 0.563. The van der Waals surface area contributed by atoms with Crippen molar-refractivity contribution in [3.8, 4) is 11.5 Å². The molecule has 0 bridgehead atoms. The first-order valence-corrected chi connectivity index (χ1v) is 6.91. The lowest BCUT2D eigenvalue weighted by Gasteiger charge is -2.10. The molecule has 0 amide bonds. The summed E-state index contributed by atoms with van der Waals surface area (Å²) in [7, 11) is 1.65. The van der Waals surface area contributed by atoms with E-state index in [-0.39, 0.29) is 0 Å². The van der Waals surface area contributed by atoms with Crippen molar-refractivity contribution in [2.24, 2.45) is 0 Å². The van der Waals surface area contributed by atoms with Crippen molar-refractivity contribution < 1.29 is 9.47 Å². The van der Waals surface area contributed by atoms with E-state index in [1.54, 1.807) is 7.11 Å². The number of ether oxygens (including phenoxy) is 2. The molecule has 0 atom stereocenters. The third-order valence-corrected chi connectivity index (χ3v) is 3.43. The molecule has 0 radical (unpaired) electrons. The van der Waals surface area contributed by atoms with E-state index < -0.39 is 0 Å². The minimum absolute atomic E-state index is 0.563. The average Bonchev–Trinajstić information content (AvgIpc) is 2.36. The van der Waals surface area contributed by atoms with Crippen LogP contribution in [-0.4, -0.2) is 7.11 Å². The maximum Gasteiger partial charge on any atom is 0.134 e. The molecule has 0 aliphatic rings. The topological polar surface area (TPSA) is 18.5 Å². The Balaban J connectivity index is 2.10. The van der Waals surface area contributed by atoms with Crippen LogP contribution in [0.15, 0.2) is 40.9 Å². The SMILES string of the molecule is COc1ccc(OCc2cc(C)cc(C)c2)c(Br)c1. The molecule has 19 heavy (non-hydrogen) atoms. The molecule has 0 heterocycles. The Kier molecular flexibility index (Phi) is 4.48. The number of rotatable bonds is 4.